The zero-order chi connectivity index (χ0) is 22.8. The Morgan fingerprint density at radius 1 is 1.00 bits per heavy atom. The first-order chi connectivity index (χ1) is 14.8. The summed E-state index contributed by atoms with van der Waals surface area (Å²) in [4.78, 5) is 27.4. The van der Waals surface area contributed by atoms with E-state index in [1.54, 1.807) is 11.8 Å². The molecule has 31 heavy (non-hydrogen) atoms. The molecule has 0 radical (unpaired) electrons. The normalized spacial score (nSPS) is 11.8. The Morgan fingerprint density at radius 3 is 2.35 bits per heavy atom. The third kappa shape index (κ3) is 8.44. The molecule has 0 aromatic heterocycles. The number of ether oxygens (including phenoxy) is 1. The maximum atomic E-state index is 13.1. The fraction of sp³-hybridized carbons (Fsp3) is 0.462. The van der Waals surface area contributed by atoms with Gasteiger partial charge in [0.05, 0.1) is 6.61 Å². The van der Waals surface area contributed by atoms with Gasteiger partial charge in [0.15, 0.2) is 0 Å². The van der Waals surface area contributed by atoms with Crippen molar-refractivity contribution in [2.75, 3.05) is 13.2 Å². The fourth-order valence-corrected chi connectivity index (χ4v) is 3.23. The standard InChI is InChI=1S/C26H36N2O3/c1-19(2)17-27-26(30)22(5)28(18-23-9-6-8-21(4)16-23)25(29)10-7-15-31-24-13-11-20(3)12-14-24/h6,8-9,11-14,16,19,22H,7,10,15,17-18H2,1-5H3,(H,27,30)/t22-/m0/s1. The predicted molar refractivity (Wildman–Crippen MR) is 125 cm³/mol. The SMILES string of the molecule is Cc1ccc(OCCCC(=O)N(Cc2cccc(C)c2)[C@@H](C)C(=O)NCC(C)C)cc1. The summed E-state index contributed by atoms with van der Waals surface area (Å²) in [5.41, 5.74) is 3.33. The van der Waals surface area contributed by atoms with E-state index in [1.165, 1.54) is 5.56 Å². The molecule has 2 aromatic rings. The number of carbonyl (C=O) groups is 2. The number of aryl methyl sites for hydroxylation is 2. The van der Waals surface area contributed by atoms with Crippen LogP contribution < -0.4 is 10.1 Å². The number of carbonyl (C=O) groups excluding carboxylic acids is 2. The lowest BCUT2D eigenvalue weighted by atomic mass is 10.1. The molecule has 0 fully saturated rings. The van der Waals surface area contributed by atoms with Crippen LogP contribution in [0.5, 0.6) is 5.75 Å². The summed E-state index contributed by atoms with van der Waals surface area (Å²) in [5, 5.41) is 2.95. The zero-order valence-electron chi connectivity index (χ0n) is 19.5. The van der Waals surface area contributed by atoms with Crippen molar-refractivity contribution in [3.8, 4) is 5.75 Å². The zero-order valence-corrected chi connectivity index (χ0v) is 19.5. The molecular weight excluding hydrogens is 388 g/mol. The average Bonchev–Trinajstić information content (AvgIpc) is 2.74. The van der Waals surface area contributed by atoms with Gasteiger partial charge in [-0.3, -0.25) is 9.59 Å². The summed E-state index contributed by atoms with van der Waals surface area (Å²) >= 11 is 0. The van der Waals surface area contributed by atoms with E-state index in [4.69, 9.17) is 4.74 Å². The summed E-state index contributed by atoms with van der Waals surface area (Å²) in [5.74, 6) is 0.999. The van der Waals surface area contributed by atoms with E-state index in [0.717, 1.165) is 16.9 Å². The molecule has 0 bridgehead atoms. The number of nitrogens with zero attached hydrogens (tertiary/aromatic N) is 1. The van der Waals surface area contributed by atoms with Crippen LogP contribution in [-0.4, -0.2) is 35.9 Å². The second-order valence-corrected chi connectivity index (χ2v) is 8.59. The topological polar surface area (TPSA) is 58.6 Å². The molecule has 5 nitrogen and oxygen atoms in total. The van der Waals surface area contributed by atoms with Crippen LogP contribution in [0, 0.1) is 19.8 Å². The van der Waals surface area contributed by atoms with Gasteiger partial charge in [-0.05, 0) is 50.8 Å². The maximum Gasteiger partial charge on any atom is 0.242 e. The lowest BCUT2D eigenvalue weighted by molar-refractivity contribution is -0.140. The van der Waals surface area contributed by atoms with Crippen molar-refractivity contribution in [1.29, 1.82) is 0 Å². The van der Waals surface area contributed by atoms with Crippen LogP contribution in [-0.2, 0) is 16.1 Å². The molecule has 0 unspecified atom stereocenters. The van der Waals surface area contributed by atoms with Gasteiger partial charge >= 0.3 is 0 Å². The predicted octanol–water partition coefficient (Wildman–Crippen LogP) is 4.65. The van der Waals surface area contributed by atoms with Crippen LogP contribution in [0.3, 0.4) is 0 Å². The number of hydrogen-bond acceptors (Lipinski definition) is 3. The lowest BCUT2D eigenvalue weighted by Gasteiger charge is -2.29. The molecule has 168 valence electrons. The summed E-state index contributed by atoms with van der Waals surface area (Å²) in [7, 11) is 0. The molecule has 2 aromatic carbocycles. The number of nitrogens with one attached hydrogen (secondary N) is 1. The highest BCUT2D eigenvalue weighted by Gasteiger charge is 2.25. The van der Waals surface area contributed by atoms with Crippen molar-refractivity contribution in [2.24, 2.45) is 5.92 Å². The van der Waals surface area contributed by atoms with Crippen LogP contribution in [0.15, 0.2) is 48.5 Å². The van der Waals surface area contributed by atoms with Crippen LogP contribution in [0.4, 0.5) is 0 Å². The Labute approximate surface area is 186 Å². The minimum atomic E-state index is -0.537. The lowest BCUT2D eigenvalue weighted by Crippen LogP contribution is -2.48. The van der Waals surface area contributed by atoms with Crippen molar-refractivity contribution >= 4 is 11.8 Å². The first-order valence-corrected chi connectivity index (χ1v) is 11.1. The van der Waals surface area contributed by atoms with Crippen molar-refractivity contribution in [3.63, 3.8) is 0 Å². The van der Waals surface area contributed by atoms with Crippen LogP contribution in [0.1, 0.15) is 50.3 Å². The van der Waals surface area contributed by atoms with Crippen molar-refractivity contribution in [3.05, 3.63) is 65.2 Å². The molecule has 0 heterocycles. The van der Waals surface area contributed by atoms with Gasteiger partial charge < -0.3 is 15.0 Å². The van der Waals surface area contributed by atoms with E-state index in [1.807, 2.05) is 56.3 Å². The van der Waals surface area contributed by atoms with Gasteiger partial charge in [-0.15, -0.1) is 0 Å². The van der Waals surface area contributed by atoms with E-state index < -0.39 is 6.04 Å². The van der Waals surface area contributed by atoms with E-state index >= 15 is 0 Å². The number of hydrogen-bond donors (Lipinski definition) is 1. The smallest absolute Gasteiger partial charge is 0.242 e. The highest BCUT2D eigenvalue weighted by atomic mass is 16.5. The molecule has 5 heteroatoms. The molecule has 0 saturated carbocycles. The average molecular weight is 425 g/mol. The van der Waals surface area contributed by atoms with Crippen molar-refractivity contribution < 1.29 is 14.3 Å². The molecule has 1 atom stereocenters. The fourth-order valence-electron chi connectivity index (χ4n) is 3.23. The molecule has 2 rings (SSSR count). The first kappa shape index (κ1) is 24.4. The molecule has 1 N–H and O–H groups in total. The number of benzene rings is 2. The van der Waals surface area contributed by atoms with Crippen molar-refractivity contribution in [2.45, 2.75) is 60.0 Å². The van der Waals surface area contributed by atoms with E-state index in [0.29, 0.717) is 38.5 Å². The van der Waals surface area contributed by atoms with E-state index in [9.17, 15) is 9.59 Å². The molecule has 2 amide bonds. The van der Waals surface area contributed by atoms with E-state index in [-0.39, 0.29) is 11.8 Å². The summed E-state index contributed by atoms with van der Waals surface area (Å²) in [6, 6.07) is 15.4. The summed E-state index contributed by atoms with van der Waals surface area (Å²) < 4.78 is 5.75. The molecule has 0 aliphatic heterocycles. The minimum Gasteiger partial charge on any atom is -0.494 e. The van der Waals surface area contributed by atoms with Gasteiger partial charge in [0.2, 0.25) is 11.8 Å². The van der Waals surface area contributed by atoms with Crippen LogP contribution >= 0.6 is 0 Å². The van der Waals surface area contributed by atoms with Crippen LogP contribution in [0.2, 0.25) is 0 Å². The van der Waals surface area contributed by atoms with Crippen LogP contribution in [0.25, 0.3) is 0 Å². The Morgan fingerprint density at radius 2 is 1.71 bits per heavy atom. The quantitative estimate of drug-likeness (QED) is 0.534. The third-order valence-electron chi connectivity index (χ3n) is 5.11. The largest absolute Gasteiger partial charge is 0.494 e. The Hall–Kier alpha value is -2.82. The van der Waals surface area contributed by atoms with Gasteiger partial charge in [0, 0.05) is 19.5 Å². The molecule has 0 aliphatic carbocycles. The third-order valence-corrected chi connectivity index (χ3v) is 5.11. The molecular formula is C26H36N2O3. The van der Waals surface area contributed by atoms with Gasteiger partial charge in [-0.25, -0.2) is 0 Å². The number of rotatable bonds is 11. The van der Waals surface area contributed by atoms with Crippen molar-refractivity contribution in [1.82, 2.24) is 10.2 Å². The molecule has 0 spiro atoms. The highest BCUT2D eigenvalue weighted by Crippen LogP contribution is 2.15. The Balaban J connectivity index is 1.98. The summed E-state index contributed by atoms with van der Waals surface area (Å²) in [6.07, 6.45) is 0.927. The summed E-state index contributed by atoms with van der Waals surface area (Å²) in [6.45, 7) is 11.4. The second kappa shape index (κ2) is 12.1. The van der Waals surface area contributed by atoms with Gasteiger partial charge in [0.1, 0.15) is 11.8 Å². The molecule has 0 aliphatic rings. The molecule has 0 saturated heterocycles. The monoisotopic (exact) mass is 424 g/mol. The Kier molecular flexibility index (Phi) is 9.57. The highest BCUT2D eigenvalue weighted by molar-refractivity contribution is 5.87. The Bertz CT molecular complexity index is 846. The number of amides is 2. The maximum absolute atomic E-state index is 13.1. The first-order valence-electron chi connectivity index (χ1n) is 11.1. The van der Waals surface area contributed by atoms with Gasteiger partial charge in [0.25, 0.3) is 0 Å². The van der Waals surface area contributed by atoms with Gasteiger partial charge in [-0.2, -0.15) is 0 Å². The van der Waals surface area contributed by atoms with E-state index in [2.05, 4.69) is 25.2 Å². The van der Waals surface area contributed by atoms with Gasteiger partial charge in [-0.1, -0.05) is 61.4 Å². The second-order valence-electron chi connectivity index (χ2n) is 8.59. The minimum absolute atomic E-state index is 0.0405.